The molecule has 1 heterocycles. The maximum atomic E-state index is 13.8. The Morgan fingerprint density at radius 3 is 2.64 bits per heavy atom. The van der Waals surface area contributed by atoms with Gasteiger partial charge in [-0.25, -0.2) is 9.82 Å². The van der Waals surface area contributed by atoms with Crippen molar-refractivity contribution in [2.75, 3.05) is 0 Å². The molecule has 8 nitrogen and oxygen atoms in total. The number of nitrogens with zero attached hydrogens (tertiary/aromatic N) is 4. The van der Waals surface area contributed by atoms with Crippen molar-refractivity contribution in [3.8, 4) is 11.8 Å². The summed E-state index contributed by atoms with van der Waals surface area (Å²) >= 11 is 0. The average molecular weight is 377 g/mol. The van der Waals surface area contributed by atoms with Gasteiger partial charge >= 0.3 is 0 Å². The Hall–Kier alpha value is -4.32. The zero-order valence-electron chi connectivity index (χ0n) is 14.2. The summed E-state index contributed by atoms with van der Waals surface area (Å²) in [6.07, 6.45) is 3.09. The quantitative estimate of drug-likeness (QED) is 0.418. The number of nitriles is 1. The number of nitrogens with one attached hydrogen (secondary N) is 1. The molecule has 1 aromatic heterocycles. The molecule has 0 radical (unpaired) electrons. The molecule has 9 heteroatoms. The molecule has 0 aliphatic rings. The summed E-state index contributed by atoms with van der Waals surface area (Å²) in [4.78, 5) is 22.3. The Morgan fingerprint density at radius 1 is 1.25 bits per heavy atom. The van der Waals surface area contributed by atoms with Crippen LogP contribution in [0.25, 0.3) is 5.69 Å². The van der Waals surface area contributed by atoms with E-state index in [0.717, 1.165) is 6.07 Å². The number of carbonyl (C=O) groups is 1. The van der Waals surface area contributed by atoms with Crippen LogP contribution in [-0.4, -0.2) is 21.6 Å². The summed E-state index contributed by atoms with van der Waals surface area (Å²) in [5, 5.41) is 23.3. The third-order valence-electron chi connectivity index (χ3n) is 3.82. The smallest absolute Gasteiger partial charge is 0.274 e. The number of rotatable bonds is 5. The molecule has 0 fully saturated rings. The molecule has 0 bridgehead atoms. The number of hydrazone groups is 1. The number of non-ortho nitro benzene ring substituents is 1. The molecule has 0 saturated carbocycles. The third-order valence-corrected chi connectivity index (χ3v) is 3.82. The first-order valence-electron chi connectivity index (χ1n) is 7.95. The lowest BCUT2D eigenvalue weighted by Crippen LogP contribution is -2.19. The second kappa shape index (κ2) is 7.92. The molecular formula is C19H12FN5O3. The van der Waals surface area contributed by atoms with E-state index in [0.29, 0.717) is 11.4 Å². The van der Waals surface area contributed by atoms with Crippen molar-refractivity contribution in [2.24, 2.45) is 5.10 Å². The maximum Gasteiger partial charge on any atom is 0.274 e. The van der Waals surface area contributed by atoms with Gasteiger partial charge in [-0.3, -0.25) is 14.9 Å². The number of benzene rings is 2. The lowest BCUT2D eigenvalue weighted by Gasteiger charge is -2.06. The lowest BCUT2D eigenvalue weighted by atomic mass is 10.1. The predicted molar refractivity (Wildman–Crippen MR) is 98.6 cm³/mol. The number of nitro benzene ring substituents is 1. The number of carbonyl (C=O) groups excluding carboxylic acids is 1. The molecule has 0 aliphatic carbocycles. The van der Waals surface area contributed by atoms with Gasteiger partial charge in [-0.15, -0.1) is 0 Å². The van der Waals surface area contributed by atoms with Crippen LogP contribution in [0.3, 0.4) is 0 Å². The fraction of sp³-hybridized carbons (Fsp3) is 0. The summed E-state index contributed by atoms with van der Waals surface area (Å²) in [6.45, 7) is 0. The van der Waals surface area contributed by atoms with Crippen molar-refractivity contribution < 1.29 is 14.1 Å². The number of aromatic nitrogens is 1. The molecule has 1 amide bonds. The van der Waals surface area contributed by atoms with Gasteiger partial charge < -0.3 is 4.57 Å². The van der Waals surface area contributed by atoms with E-state index in [1.165, 1.54) is 30.5 Å². The van der Waals surface area contributed by atoms with Gasteiger partial charge in [0.1, 0.15) is 5.82 Å². The number of amides is 1. The number of hydrogen-bond acceptors (Lipinski definition) is 5. The molecule has 3 aromatic rings. The van der Waals surface area contributed by atoms with Crippen molar-refractivity contribution >= 4 is 17.8 Å². The first-order valence-corrected chi connectivity index (χ1v) is 7.95. The van der Waals surface area contributed by atoms with E-state index >= 15 is 0 Å². The van der Waals surface area contributed by atoms with E-state index in [-0.39, 0.29) is 16.8 Å². The Bertz CT molecular complexity index is 1110. The van der Waals surface area contributed by atoms with Crippen LogP contribution in [0.15, 0.2) is 65.9 Å². The normalized spacial score (nSPS) is 10.6. The fourth-order valence-electron chi connectivity index (χ4n) is 2.46. The van der Waals surface area contributed by atoms with E-state index in [9.17, 15) is 19.3 Å². The molecule has 28 heavy (non-hydrogen) atoms. The second-order valence-corrected chi connectivity index (χ2v) is 5.58. The number of halogens is 1. The Morgan fingerprint density at radius 2 is 2.00 bits per heavy atom. The van der Waals surface area contributed by atoms with E-state index in [2.05, 4.69) is 10.5 Å². The van der Waals surface area contributed by atoms with Crippen LogP contribution in [-0.2, 0) is 0 Å². The van der Waals surface area contributed by atoms with Crippen molar-refractivity contribution in [1.29, 1.82) is 5.26 Å². The predicted octanol–water partition coefficient (Wildman–Crippen LogP) is 3.16. The van der Waals surface area contributed by atoms with Crippen molar-refractivity contribution in [3.63, 3.8) is 0 Å². The van der Waals surface area contributed by atoms with Crippen LogP contribution < -0.4 is 5.43 Å². The van der Waals surface area contributed by atoms with Crippen LogP contribution in [0.5, 0.6) is 0 Å². The zero-order valence-corrected chi connectivity index (χ0v) is 14.2. The Labute approximate surface area is 158 Å². The van der Waals surface area contributed by atoms with Gasteiger partial charge in [0, 0.05) is 24.0 Å². The van der Waals surface area contributed by atoms with Gasteiger partial charge in [-0.05, 0) is 42.5 Å². The third kappa shape index (κ3) is 3.91. The van der Waals surface area contributed by atoms with Gasteiger partial charge in [-0.2, -0.15) is 10.4 Å². The summed E-state index contributed by atoms with van der Waals surface area (Å²) in [6, 6.07) is 14.7. The van der Waals surface area contributed by atoms with Gasteiger partial charge in [-0.1, -0.05) is 0 Å². The van der Waals surface area contributed by atoms with Crippen molar-refractivity contribution in [3.05, 3.63) is 93.5 Å². The van der Waals surface area contributed by atoms with E-state index in [1.54, 1.807) is 41.1 Å². The summed E-state index contributed by atoms with van der Waals surface area (Å²) in [7, 11) is 0. The molecule has 3 rings (SSSR count). The standard InChI is InChI=1S/C19H12FN5O3/c20-18-10-13(11-21)3-8-17(18)19(26)23-22-12-16-2-1-9-24(16)14-4-6-15(7-5-14)25(27)28/h1-10,12H,(H,23,26)/b22-12+. The molecular weight excluding hydrogens is 365 g/mol. The zero-order chi connectivity index (χ0) is 20.1. The average Bonchev–Trinajstić information content (AvgIpc) is 3.16. The minimum absolute atomic E-state index is 0.0252. The SMILES string of the molecule is N#Cc1ccc(C(=O)N/N=C/c2cccn2-c2ccc([N+](=O)[O-])cc2)c(F)c1. The summed E-state index contributed by atoms with van der Waals surface area (Å²) in [5.41, 5.74) is 3.33. The second-order valence-electron chi connectivity index (χ2n) is 5.58. The van der Waals surface area contributed by atoms with Crippen molar-refractivity contribution in [1.82, 2.24) is 9.99 Å². The Kier molecular flexibility index (Phi) is 5.23. The van der Waals surface area contributed by atoms with E-state index < -0.39 is 16.6 Å². The van der Waals surface area contributed by atoms with Crippen LogP contribution in [0.2, 0.25) is 0 Å². The van der Waals surface area contributed by atoms with Gasteiger partial charge in [0.05, 0.1) is 34.0 Å². The highest BCUT2D eigenvalue weighted by atomic mass is 19.1. The summed E-state index contributed by atoms with van der Waals surface area (Å²) < 4.78 is 15.6. The molecule has 0 aliphatic heterocycles. The van der Waals surface area contributed by atoms with Crippen LogP contribution in [0.1, 0.15) is 21.6 Å². The first kappa shape index (κ1) is 18.5. The van der Waals surface area contributed by atoms with Crippen molar-refractivity contribution in [2.45, 2.75) is 0 Å². The summed E-state index contributed by atoms with van der Waals surface area (Å²) in [5.74, 6) is -1.58. The largest absolute Gasteiger partial charge is 0.316 e. The molecule has 2 aromatic carbocycles. The van der Waals surface area contributed by atoms with Gasteiger partial charge in [0.15, 0.2) is 0 Å². The minimum Gasteiger partial charge on any atom is -0.316 e. The molecule has 138 valence electrons. The lowest BCUT2D eigenvalue weighted by molar-refractivity contribution is -0.384. The van der Waals surface area contributed by atoms with Crippen LogP contribution in [0.4, 0.5) is 10.1 Å². The fourth-order valence-corrected chi connectivity index (χ4v) is 2.46. The van der Waals surface area contributed by atoms with E-state index in [4.69, 9.17) is 5.26 Å². The monoisotopic (exact) mass is 377 g/mol. The number of nitro groups is 1. The number of hydrogen-bond donors (Lipinski definition) is 1. The van der Waals surface area contributed by atoms with Crippen LogP contribution >= 0.6 is 0 Å². The topological polar surface area (TPSA) is 113 Å². The van der Waals surface area contributed by atoms with Gasteiger partial charge in [0.25, 0.3) is 11.6 Å². The van der Waals surface area contributed by atoms with Crippen LogP contribution in [0, 0.1) is 27.3 Å². The van der Waals surface area contributed by atoms with Gasteiger partial charge in [0.2, 0.25) is 0 Å². The minimum atomic E-state index is -0.819. The molecule has 0 unspecified atom stereocenters. The Balaban J connectivity index is 1.74. The van der Waals surface area contributed by atoms with E-state index in [1.807, 2.05) is 0 Å². The maximum absolute atomic E-state index is 13.8. The molecule has 0 atom stereocenters. The highest BCUT2D eigenvalue weighted by Crippen LogP contribution is 2.17. The highest BCUT2D eigenvalue weighted by Gasteiger charge is 2.12. The highest BCUT2D eigenvalue weighted by molar-refractivity contribution is 5.95. The molecule has 0 saturated heterocycles. The molecule has 1 N–H and O–H groups in total. The molecule has 0 spiro atoms. The first-order chi connectivity index (χ1) is 13.5.